The number of rotatable bonds is 5. The molecule has 1 aromatic heterocycles. The lowest BCUT2D eigenvalue weighted by atomic mass is 9.93. The Balaban J connectivity index is 1.46. The maximum atomic E-state index is 12.1. The summed E-state index contributed by atoms with van der Waals surface area (Å²) in [5, 5.41) is 4.35. The summed E-state index contributed by atoms with van der Waals surface area (Å²) < 4.78 is 5.66. The number of hydrogen-bond donors (Lipinski definition) is 0. The van der Waals surface area contributed by atoms with Gasteiger partial charge in [0.15, 0.2) is 5.82 Å². The number of benzene rings is 1. The molecule has 1 atom stereocenters. The fourth-order valence-corrected chi connectivity index (χ4v) is 3.97. The van der Waals surface area contributed by atoms with Crippen molar-refractivity contribution in [1.29, 1.82) is 0 Å². The van der Waals surface area contributed by atoms with Crippen molar-refractivity contribution in [3.8, 4) is 0 Å². The minimum absolute atomic E-state index is 0.0618. The molecule has 1 amide bonds. The highest BCUT2D eigenvalue weighted by atomic mass is 16.5. The molecule has 5 heteroatoms. The Bertz CT molecular complexity index is 744. The third-order valence-electron chi connectivity index (χ3n) is 5.64. The number of carbonyl (C=O) groups excluding carboxylic acids is 1. The van der Waals surface area contributed by atoms with Gasteiger partial charge in [0, 0.05) is 24.9 Å². The lowest BCUT2D eigenvalue weighted by molar-refractivity contribution is -0.135. The smallest absolute Gasteiger partial charge is 0.229 e. The lowest BCUT2D eigenvalue weighted by Gasteiger charge is -2.31. The summed E-state index contributed by atoms with van der Waals surface area (Å²) in [7, 11) is 0. The molecule has 2 heterocycles. The summed E-state index contributed by atoms with van der Waals surface area (Å²) >= 11 is 0. The highest BCUT2D eigenvalue weighted by Crippen LogP contribution is 2.45. The lowest BCUT2D eigenvalue weighted by Crippen LogP contribution is -2.40. The van der Waals surface area contributed by atoms with E-state index < -0.39 is 0 Å². The van der Waals surface area contributed by atoms with Crippen molar-refractivity contribution in [2.24, 2.45) is 11.8 Å². The standard InChI is InChI=1S/C21H27N3O2/c1-14(2)21(25)24-12-10-17(11-13-24)20-22-19(23-26-20)18(16-8-9-16)15-6-4-3-5-7-15/h3-7,14,16-18H,8-13H2,1-2H3. The van der Waals surface area contributed by atoms with Gasteiger partial charge in [0.1, 0.15) is 0 Å². The molecule has 5 nitrogen and oxygen atoms in total. The van der Waals surface area contributed by atoms with Crippen LogP contribution in [0.4, 0.5) is 0 Å². The molecule has 0 spiro atoms. The number of nitrogens with zero attached hydrogens (tertiary/aromatic N) is 3. The maximum Gasteiger partial charge on any atom is 0.229 e. The van der Waals surface area contributed by atoms with Crippen molar-refractivity contribution < 1.29 is 9.32 Å². The minimum Gasteiger partial charge on any atom is -0.342 e. The Morgan fingerprint density at radius 1 is 1.12 bits per heavy atom. The minimum atomic E-state index is 0.0618. The van der Waals surface area contributed by atoms with Crippen molar-refractivity contribution >= 4 is 5.91 Å². The predicted octanol–water partition coefficient (Wildman–Crippen LogP) is 3.97. The van der Waals surface area contributed by atoms with Gasteiger partial charge in [-0.25, -0.2) is 0 Å². The Morgan fingerprint density at radius 3 is 2.42 bits per heavy atom. The summed E-state index contributed by atoms with van der Waals surface area (Å²) in [6, 6.07) is 10.5. The molecule has 1 aromatic carbocycles. The van der Waals surface area contributed by atoms with Crippen molar-refractivity contribution in [2.75, 3.05) is 13.1 Å². The highest BCUT2D eigenvalue weighted by Gasteiger charge is 2.37. The molecular formula is C21H27N3O2. The summed E-state index contributed by atoms with van der Waals surface area (Å²) in [4.78, 5) is 18.9. The van der Waals surface area contributed by atoms with Crippen LogP contribution in [0.2, 0.25) is 0 Å². The normalized spacial score (nSPS) is 19.7. The van der Waals surface area contributed by atoms with Crippen molar-refractivity contribution in [2.45, 2.75) is 51.4 Å². The van der Waals surface area contributed by atoms with E-state index in [4.69, 9.17) is 9.51 Å². The number of likely N-dealkylation sites (tertiary alicyclic amines) is 1. The largest absolute Gasteiger partial charge is 0.342 e. The molecule has 1 aliphatic carbocycles. The van der Waals surface area contributed by atoms with Gasteiger partial charge in [-0.1, -0.05) is 49.3 Å². The number of aromatic nitrogens is 2. The van der Waals surface area contributed by atoms with Crippen LogP contribution in [0.5, 0.6) is 0 Å². The fraction of sp³-hybridized carbons (Fsp3) is 0.571. The predicted molar refractivity (Wildman–Crippen MR) is 98.7 cm³/mol. The van der Waals surface area contributed by atoms with Gasteiger partial charge in [-0.05, 0) is 37.2 Å². The van der Waals surface area contributed by atoms with E-state index in [1.165, 1.54) is 18.4 Å². The Morgan fingerprint density at radius 2 is 1.81 bits per heavy atom. The maximum absolute atomic E-state index is 12.1. The van der Waals surface area contributed by atoms with Gasteiger partial charge in [0.2, 0.25) is 11.8 Å². The molecule has 1 aliphatic heterocycles. The average Bonchev–Trinajstić information content (AvgIpc) is 3.38. The van der Waals surface area contributed by atoms with Crippen LogP contribution in [0.25, 0.3) is 0 Å². The summed E-state index contributed by atoms with van der Waals surface area (Å²) in [5.74, 6) is 3.03. The van der Waals surface area contributed by atoms with Gasteiger partial charge >= 0.3 is 0 Å². The molecule has 2 aliphatic rings. The van der Waals surface area contributed by atoms with Crippen LogP contribution >= 0.6 is 0 Å². The van der Waals surface area contributed by atoms with Gasteiger partial charge in [0.25, 0.3) is 0 Å². The summed E-state index contributed by atoms with van der Waals surface area (Å²) in [6.07, 6.45) is 4.28. The van der Waals surface area contributed by atoms with Gasteiger partial charge in [-0.2, -0.15) is 4.98 Å². The zero-order chi connectivity index (χ0) is 18.1. The molecular weight excluding hydrogens is 326 g/mol. The van der Waals surface area contributed by atoms with E-state index in [0.29, 0.717) is 5.92 Å². The Labute approximate surface area is 154 Å². The van der Waals surface area contributed by atoms with Gasteiger partial charge in [-0.3, -0.25) is 4.79 Å². The molecule has 2 aromatic rings. The average molecular weight is 353 g/mol. The topological polar surface area (TPSA) is 59.2 Å². The number of carbonyl (C=O) groups is 1. The van der Waals surface area contributed by atoms with Crippen LogP contribution in [0, 0.1) is 11.8 Å². The SMILES string of the molecule is CC(C)C(=O)N1CCC(c2nc(C(c3ccccc3)C3CC3)no2)CC1. The first-order chi connectivity index (χ1) is 12.6. The first-order valence-electron chi connectivity index (χ1n) is 9.80. The molecule has 138 valence electrons. The van der Waals surface area contributed by atoms with Crippen molar-refractivity contribution in [1.82, 2.24) is 15.0 Å². The van der Waals surface area contributed by atoms with Crippen LogP contribution in [-0.4, -0.2) is 34.0 Å². The fourth-order valence-electron chi connectivity index (χ4n) is 3.97. The molecule has 1 unspecified atom stereocenters. The Kier molecular flexibility index (Phi) is 4.79. The van der Waals surface area contributed by atoms with E-state index in [1.807, 2.05) is 24.8 Å². The zero-order valence-electron chi connectivity index (χ0n) is 15.6. The van der Waals surface area contributed by atoms with Gasteiger partial charge < -0.3 is 9.42 Å². The second-order valence-electron chi connectivity index (χ2n) is 7.97. The molecule has 0 radical (unpaired) electrons. The first-order valence-corrected chi connectivity index (χ1v) is 9.80. The summed E-state index contributed by atoms with van der Waals surface area (Å²) in [5.41, 5.74) is 1.28. The second-order valence-corrected chi connectivity index (χ2v) is 7.97. The van der Waals surface area contributed by atoms with Crippen molar-refractivity contribution in [3.63, 3.8) is 0 Å². The van der Waals surface area contributed by atoms with Crippen LogP contribution in [0.15, 0.2) is 34.9 Å². The molecule has 1 saturated heterocycles. The third kappa shape index (κ3) is 3.53. The van der Waals surface area contributed by atoms with E-state index in [1.54, 1.807) is 0 Å². The van der Waals surface area contributed by atoms with E-state index in [2.05, 4.69) is 29.4 Å². The number of piperidine rings is 1. The van der Waals surface area contributed by atoms with E-state index in [9.17, 15) is 4.79 Å². The molecule has 0 bridgehead atoms. The molecule has 1 saturated carbocycles. The number of hydrogen-bond acceptors (Lipinski definition) is 4. The monoisotopic (exact) mass is 353 g/mol. The molecule has 4 rings (SSSR count). The second kappa shape index (κ2) is 7.22. The van der Waals surface area contributed by atoms with Crippen LogP contribution < -0.4 is 0 Å². The van der Waals surface area contributed by atoms with E-state index >= 15 is 0 Å². The number of amides is 1. The first kappa shape index (κ1) is 17.3. The third-order valence-corrected chi connectivity index (χ3v) is 5.64. The van der Waals surface area contributed by atoms with Crippen molar-refractivity contribution in [3.05, 3.63) is 47.6 Å². The van der Waals surface area contributed by atoms with Crippen LogP contribution in [-0.2, 0) is 4.79 Å². The molecule has 2 fully saturated rings. The quantitative estimate of drug-likeness (QED) is 0.816. The Hall–Kier alpha value is -2.17. The molecule has 26 heavy (non-hydrogen) atoms. The van der Waals surface area contributed by atoms with E-state index in [-0.39, 0.29) is 23.7 Å². The summed E-state index contributed by atoms with van der Waals surface area (Å²) in [6.45, 7) is 5.48. The van der Waals surface area contributed by atoms with Gasteiger partial charge in [-0.15, -0.1) is 0 Å². The molecule has 0 N–H and O–H groups in total. The van der Waals surface area contributed by atoms with E-state index in [0.717, 1.165) is 37.6 Å². The zero-order valence-corrected chi connectivity index (χ0v) is 15.6. The van der Waals surface area contributed by atoms with Crippen LogP contribution in [0.3, 0.4) is 0 Å². The van der Waals surface area contributed by atoms with Crippen LogP contribution in [0.1, 0.15) is 68.6 Å². The van der Waals surface area contributed by atoms with Gasteiger partial charge in [0.05, 0.1) is 5.92 Å². The highest BCUT2D eigenvalue weighted by molar-refractivity contribution is 5.78.